The van der Waals surface area contributed by atoms with E-state index in [9.17, 15) is 0 Å². The van der Waals surface area contributed by atoms with Gasteiger partial charge >= 0.3 is 0 Å². The maximum atomic E-state index is 5.54. The minimum absolute atomic E-state index is 0.276. The molecule has 3 heteroatoms. The summed E-state index contributed by atoms with van der Waals surface area (Å²) < 4.78 is 5.13. The average Bonchev–Trinajstić information content (AvgIpc) is 3.56. The van der Waals surface area contributed by atoms with Crippen LogP contribution >= 0.6 is 20.7 Å². The summed E-state index contributed by atoms with van der Waals surface area (Å²) >= 11 is -0.552. The summed E-state index contributed by atoms with van der Waals surface area (Å²) in [4.78, 5) is 5.54. The highest BCUT2D eigenvalue weighted by atomic mass is 127. The van der Waals surface area contributed by atoms with Crippen molar-refractivity contribution in [2.75, 3.05) is 0 Å². The number of aliphatic imine (C=N–C) groups is 1. The molecule has 3 aliphatic rings. The van der Waals surface area contributed by atoms with Crippen LogP contribution in [0.15, 0.2) is 181 Å². The first kappa shape index (κ1) is 30.4. The normalized spacial score (nSPS) is 18.3. The molecule has 0 amide bonds. The van der Waals surface area contributed by atoms with Crippen molar-refractivity contribution in [3.8, 4) is 11.1 Å². The molecule has 10 rings (SSSR count). The van der Waals surface area contributed by atoms with Crippen LogP contribution in [-0.4, -0.2) is 11.9 Å². The molecule has 2 aliphatic carbocycles. The highest BCUT2D eigenvalue weighted by Crippen LogP contribution is 2.43. The molecule has 2 atom stereocenters. The van der Waals surface area contributed by atoms with E-state index in [0.29, 0.717) is 0 Å². The maximum absolute atomic E-state index is 5.54. The molecule has 2 nitrogen and oxygen atoms in total. The summed E-state index contributed by atoms with van der Waals surface area (Å²) in [6, 6.07) is 49.0. The second-order valence-electron chi connectivity index (χ2n) is 13.6. The molecule has 51 heavy (non-hydrogen) atoms. The zero-order chi connectivity index (χ0) is 33.7. The van der Waals surface area contributed by atoms with Crippen LogP contribution < -0.4 is 0 Å². The molecule has 244 valence electrons. The Balaban J connectivity index is 1.13. The van der Waals surface area contributed by atoms with Gasteiger partial charge in [-0.2, -0.15) is 0 Å². The number of para-hydroxylation sites is 1. The van der Waals surface area contributed by atoms with Gasteiger partial charge in [-0.1, -0.05) is 158 Å². The molecule has 0 spiro atoms. The lowest BCUT2D eigenvalue weighted by atomic mass is 9.81. The van der Waals surface area contributed by atoms with E-state index in [1.165, 1.54) is 73.3 Å². The minimum Gasteiger partial charge on any atom is -0.289 e. The third-order valence-electron chi connectivity index (χ3n) is 10.6. The van der Waals surface area contributed by atoms with Crippen molar-refractivity contribution >= 4 is 66.7 Å². The van der Waals surface area contributed by atoms with E-state index in [1.807, 2.05) is 0 Å². The first-order chi connectivity index (χ1) is 25.3. The van der Waals surface area contributed by atoms with Crippen molar-refractivity contribution in [3.05, 3.63) is 198 Å². The Labute approximate surface area is 308 Å². The van der Waals surface area contributed by atoms with Gasteiger partial charge in [-0.15, -0.1) is 0 Å². The minimum atomic E-state index is -0.552. The first-order valence-electron chi connectivity index (χ1n) is 17.8. The van der Waals surface area contributed by atoms with Crippen LogP contribution in [0.2, 0.25) is 0 Å². The number of fused-ring (bicyclic) bond motifs is 6. The molecule has 0 saturated carbocycles. The number of nitrogens with zero attached hydrogens (tertiary/aromatic N) is 2. The largest absolute Gasteiger partial charge is 0.289 e. The molecular weight excluding hydrogens is 731 g/mol. The molecular formula is C48H35IN2. The molecule has 0 fully saturated rings. The van der Waals surface area contributed by atoms with E-state index in [2.05, 4.69) is 181 Å². The lowest BCUT2D eigenvalue weighted by Crippen LogP contribution is -2.14. The summed E-state index contributed by atoms with van der Waals surface area (Å²) in [7, 11) is 0. The molecule has 2 heterocycles. The van der Waals surface area contributed by atoms with Crippen LogP contribution in [0.5, 0.6) is 0 Å². The van der Waals surface area contributed by atoms with Crippen LogP contribution in [0, 0.1) is 5.92 Å². The number of aromatic nitrogens is 1. The van der Waals surface area contributed by atoms with E-state index in [-0.39, 0.29) is 11.8 Å². The van der Waals surface area contributed by atoms with Crippen LogP contribution in [0.4, 0.5) is 0 Å². The van der Waals surface area contributed by atoms with Gasteiger partial charge < -0.3 is 0 Å². The van der Waals surface area contributed by atoms with Gasteiger partial charge in [-0.25, -0.2) is 4.99 Å². The number of rotatable bonds is 4. The summed E-state index contributed by atoms with van der Waals surface area (Å²) in [5.41, 5.74) is 11.7. The molecule has 1 aliphatic heterocycles. The average molecular weight is 767 g/mol. The van der Waals surface area contributed by atoms with Crippen molar-refractivity contribution in [2.45, 2.75) is 18.8 Å². The molecule has 0 saturated heterocycles. The van der Waals surface area contributed by atoms with Crippen LogP contribution in [-0.2, 0) is 6.42 Å². The number of hydrogen-bond donors (Lipinski definition) is 0. The van der Waals surface area contributed by atoms with Gasteiger partial charge in [0.2, 0.25) is 0 Å². The molecule has 0 bridgehead atoms. The second kappa shape index (κ2) is 12.7. The fraction of sp³-hybridized carbons (Fsp3) is 0.0833. The highest BCUT2D eigenvalue weighted by Gasteiger charge is 2.26. The Bertz CT molecular complexity index is 2690. The van der Waals surface area contributed by atoms with Gasteiger partial charge in [-0.3, -0.25) is 4.57 Å². The molecule has 7 aromatic rings. The van der Waals surface area contributed by atoms with Gasteiger partial charge in [0.05, 0.1) is 16.7 Å². The number of hydrogen-bond acceptors (Lipinski definition) is 1. The van der Waals surface area contributed by atoms with E-state index in [1.54, 1.807) is 0 Å². The Hall–Kier alpha value is -5.39. The van der Waals surface area contributed by atoms with E-state index < -0.39 is 20.7 Å². The first-order valence-corrected chi connectivity index (χ1v) is 20.0. The topological polar surface area (TPSA) is 17.3 Å². The third-order valence-corrected chi connectivity index (χ3v) is 13.4. The zero-order valence-electron chi connectivity index (χ0n) is 28.1. The Kier molecular flexibility index (Phi) is 7.60. The van der Waals surface area contributed by atoms with E-state index >= 15 is 0 Å². The molecule has 2 unspecified atom stereocenters. The Morgan fingerprint density at radius 2 is 1.35 bits per heavy atom. The lowest BCUT2D eigenvalue weighted by Gasteiger charge is -2.23. The fourth-order valence-corrected chi connectivity index (χ4v) is 11.0. The predicted octanol–water partition coefficient (Wildman–Crippen LogP) is 12.4. The zero-order valence-corrected chi connectivity index (χ0v) is 30.2. The molecule has 1 aromatic heterocycles. The lowest BCUT2D eigenvalue weighted by molar-refractivity contribution is 0.757. The van der Waals surface area contributed by atoms with Crippen LogP contribution in [0.3, 0.4) is 0 Å². The predicted molar refractivity (Wildman–Crippen MR) is 226 cm³/mol. The molecule has 0 N–H and O–H groups in total. The Morgan fingerprint density at radius 1 is 0.608 bits per heavy atom. The SMILES string of the molecule is C1=CCC(C2=CC(c3ccccc3)=IC(n3c4ccccc4c4c5c(ccc43)C=CC(c3ccc(-c4ccccc4)c4ccccc34)C5)=N2)C=C1. The number of allylic oxidation sites excluding steroid dienone is 6. The van der Waals surface area contributed by atoms with Crippen molar-refractivity contribution in [1.82, 2.24) is 4.57 Å². The van der Waals surface area contributed by atoms with Crippen molar-refractivity contribution in [2.24, 2.45) is 10.9 Å². The summed E-state index contributed by atoms with van der Waals surface area (Å²) in [6.45, 7) is 0. The van der Waals surface area contributed by atoms with Gasteiger partial charge in [0.1, 0.15) is 0 Å². The summed E-state index contributed by atoms with van der Waals surface area (Å²) in [5.74, 6) is 0.556. The van der Waals surface area contributed by atoms with Gasteiger partial charge in [0, 0.05) is 26.1 Å². The number of benzene rings is 6. The standard InChI is InChI=1S/C48H35IN2/c1-4-14-32(15-5-1)37-27-28-38(40-21-11-10-20-39(37)40)36-25-24-33-26-29-46-47(42(33)30-36)41-22-12-13-23-45(41)51(46)48-49-43(34-16-6-2-7-17-34)31-44(50-48)35-18-8-3-9-19-35/h1-18,20-29,31,35-36H,19,30H2. The van der Waals surface area contributed by atoms with Gasteiger partial charge in [-0.05, 0) is 95.9 Å². The van der Waals surface area contributed by atoms with Gasteiger partial charge in [0.15, 0.2) is 3.84 Å². The van der Waals surface area contributed by atoms with Crippen molar-refractivity contribution in [3.63, 3.8) is 0 Å². The third kappa shape index (κ3) is 5.30. The van der Waals surface area contributed by atoms with Crippen LogP contribution in [0.1, 0.15) is 34.6 Å². The van der Waals surface area contributed by atoms with E-state index in [4.69, 9.17) is 4.99 Å². The molecule has 0 radical (unpaired) electrons. The summed E-state index contributed by atoms with van der Waals surface area (Å²) in [5, 5.41) is 5.33. The summed E-state index contributed by atoms with van der Waals surface area (Å²) in [6.07, 6.45) is 18.0. The number of halogens is 1. The van der Waals surface area contributed by atoms with Crippen molar-refractivity contribution in [1.29, 1.82) is 0 Å². The highest BCUT2D eigenvalue weighted by molar-refractivity contribution is 14.2. The van der Waals surface area contributed by atoms with E-state index in [0.717, 1.165) is 18.5 Å². The van der Waals surface area contributed by atoms with Gasteiger partial charge in [0.25, 0.3) is 0 Å². The second-order valence-corrected chi connectivity index (χ2v) is 16.2. The monoisotopic (exact) mass is 766 g/mol. The maximum Gasteiger partial charge on any atom is 0.171 e. The Morgan fingerprint density at radius 3 is 2.16 bits per heavy atom. The quantitative estimate of drug-likeness (QED) is 0.159. The molecule has 6 aromatic carbocycles. The smallest absolute Gasteiger partial charge is 0.171 e. The fourth-order valence-electron chi connectivity index (χ4n) is 8.19. The van der Waals surface area contributed by atoms with Crippen molar-refractivity contribution < 1.29 is 0 Å². The van der Waals surface area contributed by atoms with Crippen LogP contribution in [0.25, 0.3) is 49.8 Å².